The number of pyridine rings is 1. The van der Waals surface area contributed by atoms with E-state index < -0.39 is 0 Å². The number of rotatable bonds is 3. The summed E-state index contributed by atoms with van der Waals surface area (Å²) in [5, 5.41) is 9.79. The fraction of sp³-hybridized carbons (Fsp3) is 0.333. The van der Waals surface area contributed by atoms with Crippen molar-refractivity contribution in [1.29, 1.82) is 0 Å². The van der Waals surface area contributed by atoms with Crippen LogP contribution in [0.15, 0.2) is 30.3 Å². The lowest BCUT2D eigenvalue weighted by Crippen LogP contribution is -2.03. The minimum Gasteiger partial charge on any atom is -0.424 e. The lowest BCUT2D eigenvalue weighted by atomic mass is 10.1. The van der Waals surface area contributed by atoms with Crippen LogP contribution in [0.2, 0.25) is 0 Å². The van der Waals surface area contributed by atoms with E-state index in [1.807, 2.05) is 38.1 Å². The van der Waals surface area contributed by atoms with Crippen LogP contribution in [-0.4, -0.2) is 22.7 Å². The zero-order chi connectivity index (χ0) is 14.3. The van der Waals surface area contributed by atoms with Crippen molar-refractivity contribution in [2.75, 3.05) is 6.61 Å². The molecule has 0 fully saturated rings. The Kier molecular flexibility index (Phi) is 5.96. The molecule has 2 rings (SSSR count). The summed E-state index contributed by atoms with van der Waals surface area (Å²) in [5.41, 5.74) is 1.42. The Bertz CT molecular complexity index is 552. The average Bonchev–Trinajstić information content (AvgIpc) is 2.41. The van der Waals surface area contributed by atoms with Crippen molar-refractivity contribution < 1.29 is 14.6 Å². The summed E-state index contributed by atoms with van der Waals surface area (Å²) in [6.07, 6.45) is 0.490. The summed E-state index contributed by atoms with van der Waals surface area (Å²) >= 11 is 0. The van der Waals surface area contributed by atoms with Gasteiger partial charge in [0.25, 0.3) is 0 Å². The summed E-state index contributed by atoms with van der Waals surface area (Å²) in [6, 6.07) is 9.18. The summed E-state index contributed by atoms with van der Waals surface area (Å²) in [6.45, 7) is 5.41. The van der Waals surface area contributed by atoms with E-state index in [1.54, 1.807) is 6.07 Å². The van der Waals surface area contributed by atoms with E-state index in [9.17, 15) is 4.79 Å². The molecule has 1 aromatic carbocycles. The van der Waals surface area contributed by atoms with Gasteiger partial charge in [-0.2, -0.15) is 0 Å². The van der Waals surface area contributed by atoms with E-state index in [-0.39, 0.29) is 12.6 Å². The highest BCUT2D eigenvalue weighted by Gasteiger charge is 2.06. The van der Waals surface area contributed by atoms with Gasteiger partial charge in [0.15, 0.2) is 5.75 Å². The van der Waals surface area contributed by atoms with Gasteiger partial charge in [0.2, 0.25) is 0 Å². The SMILES string of the molecule is CC.CC(=O)Oc1cccc2ccc(CCO)nc12. The lowest BCUT2D eigenvalue weighted by molar-refractivity contribution is -0.131. The molecule has 0 aliphatic rings. The second-order valence-corrected chi connectivity index (χ2v) is 3.70. The molecule has 0 saturated heterocycles. The van der Waals surface area contributed by atoms with E-state index in [4.69, 9.17) is 9.84 Å². The molecule has 0 aliphatic heterocycles. The Morgan fingerprint density at radius 3 is 2.63 bits per heavy atom. The number of carbonyl (C=O) groups excluding carboxylic acids is 1. The summed E-state index contributed by atoms with van der Waals surface area (Å²) in [4.78, 5) is 15.4. The molecule has 0 saturated carbocycles. The van der Waals surface area contributed by atoms with E-state index in [0.29, 0.717) is 17.7 Å². The van der Waals surface area contributed by atoms with Crippen molar-refractivity contribution in [1.82, 2.24) is 4.98 Å². The predicted molar refractivity (Wildman–Crippen MR) is 75.2 cm³/mol. The van der Waals surface area contributed by atoms with Gasteiger partial charge in [-0.15, -0.1) is 0 Å². The molecule has 0 radical (unpaired) electrons. The molecule has 0 atom stereocenters. The largest absolute Gasteiger partial charge is 0.424 e. The minimum absolute atomic E-state index is 0.0498. The predicted octanol–water partition coefficient (Wildman–Crippen LogP) is 2.72. The summed E-state index contributed by atoms with van der Waals surface area (Å²) in [5.74, 6) is 0.0849. The van der Waals surface area contributed by atoms with E-state index >= 15 is 0 Å². The van der Waals surface area contributed by atoms with Crippen LogP contribution in [0.4, 0.5) is 0 Å². The zero-order valence-electron chi connectivity index (χ0n) is 11.5. The van der Waals surface area contributed by atoms with Gasteiger partial charge in [-0.1, -0.05) is 32.0 Å². The fourth-order valence-electron chi connectivity index (χ4n) is 1.65. The highest BCUT2D eigenvalue weighted by molar-refractivity contribution is 5.86. The number of aliphatic hydroxyl groups is 1. The van der Waals surface area contributed by atoms with Crippen LogP contribution in [0.3, 0.4) is 0 Å². The Labute approximate surface area is 113 Å². The molecule has 0 spiro atoms. The number of ether oxygens (including phenoxy) is 1. The summed E-state index contributed by atoms with van der Waals surface area (Å²) < 4.78 is 5.10. The first-order valence-corrected chi connectivity index (χ1v) is 6.38. The molecule has 0 unspecified atom stereocenters. The Balaban J connectivity index is 0.000000861. The molecule has 1 heterocycles. The van der Waals surface area contributed by atoms with Gasteiger partial charge in [-0.05, 0) is 12.1 Å². The van der Waals surface area contributed by atoms with Crippen LogP contribution >= 0.6 is 0 Å². The first-order valence-electron chi connectivity index (χ1n) is 6.38. The molecule has 0 aliphatic carbocycles. The van der Waals surface area contributed by atoms with Gasteiger partial charge in [-0.3, -0.25) is 4.79 Å². The van der Waals surface area contributed by atoms with E-state index in [2.05, 4.69) is 4.98 Å². The maximum absolute atomic E-state index is 11.0. The molecule has 0 bridgehead atoms. The van der Waals surface area contributed by atoms with Crippen LogP contribution < -0.4 is 4.74 Å². The second-order valence-electron chi connectivity index (χ2n) is 3.70. The molecule has 19 heavy (non-hydrogen) atoms. The Hall–Kier alpha value is -1.94. The van der Waals surface area contributed by atoms with Crippen molar-refractivity contribution in [3.63, 3.8) is 0 Å². The number of hydrogen-bond acceptors (Lipinski definition) is 4. The van der Waals surface area contributed by atoms with Gasteiger partial charge in [0.05, 0.1) is 0 Å². The number of para-hydroxylation sites is 1. The highest BCUT2D eigenvalue weighted by atomic mass is 16.5. The van der Waals surface area contributed by atoms with Crippen molar-refractivity contribution in [2.45, 2.75) is 27.2 Å². The minimum atomic E-state index is -0.369. The first kappa shape index (κ1) is 15.1. The molecule has 102 valence electrons. The molecule has 4 heteroatoms. The number of hydrogen-bond donors (Lipinski definition) is 1. The highest BCUT2D eigenvalue weighted by Crippen LogP contribution is 2.24. The van der Waals surface area contributed by atoms with Gasteiger partial charge >= 0.3 is 5.97 Å². The molecular weight excluding hydrogens is 242 g/mol. The van der Waals surface area contributed by atoms with Crippen molar-refractivity contribution in [3.05, 3.63) is 36.0 Å². The number of aliphatic hydroxyl groups excluding tert-OH is 1. The lowest BCUT2D eigenvalue weighted by Gasteiger charge is -2.06. The number of benzene rings is 1. The molecular formula is C15H19NO3. The Morgan fingerprint density at radius 2 is 2.00 bits per heavy atom. The smallest absolute Gasteiger partial charge is 0.308 e. The van der Waals surface area contributed by atoms with Gasteiger partial charge < -0.3 is 9.84 Å². The fourth-order valence-corrected chi connectivity index (χ4v) is 1.65. The van der Waals surface area contributed by atoms with Crippen molar-refractivity contribution in [2.24, 2.45) is 0 Å². The zero-order valence-corrected chi connectivity index (χ0v) is 11.5. The van der Waals surface area contributed by atoms with Gasteiger partial charge in [0, 0.05) is 31.0 Å². The molecule has 1 N–H and O–H groups in total. The average molecular weight is 261 g/mol. The quantitative estimate of drug-likeness (QED) is 0.681. The normalized spacial score (nSPS) is 9.68. The third kappa shape index (κ3) is 4.03. The number of nitrogens with zero attached hydrogens (tertiary/aromatic N) is 1. The molecule has 4 nitrogen and oxygen atoms in total. The van der Waals surface area contributed by atoms with Crippen molar-refractivity contribution in [3.8, 4) is 5.75 Å². The molecule has 0 amide bonds. The first-order chi connectivity index (χ1) is 9.20. The molecule has 2 aromatic rings. The maximum Gasteiger partial charge on any atom is 0.308 e. The van der Waals surface area contributed by atoms with Crippen LogP contribution in [0.5, 0.6) is 5.75 Å². The van der Waals surface area contributed by atoms with Gasteiger partial charge in [0.1, 0.15) is 5.52 Å². The van der Waals surface area contributed by atoms with Crippen LogP contribution in [0.25, 0.3) is 10.9 Å². The number of carbonyl (C=O) groups is 1. The third-order valence-corrected chi connectivity index (χ3v) is 2.36. The van der Waals surface area contributed by atoms with Gasteiger partial charge in [-0.25, -0.2) is 4.98 Å². The number of fused-ring (bicyclic) bond motifs is 1. The maximum atomic E-state index is 11.0. The van der Waals surface area contributed by atoms with Crippen LogP contribution in [-0.2, 0) is 11.2 Å². The monoisotopic (exact) mass is 261 g/mol. The number of aromatic nitrogens is 1. The van der Waals surface area contributed by atoms with Crippen LogP contribution in [0, 0.1) is 0 Å². The van der Waals surface area contributed by atoms with Crippen LogP contribution in [0.1, 0.15) is 26.5 Å². The number of esters is 1. The molecule has 1 aromatic heterocycles. The Morgan fingerprint density at radius 1 is 1.26 bits per heavy atom. The third-order valence-electron chi connectivity index (χ3n) is 2.36. The summed E-state index contributed by atoms with van der Waals surface area (Å²) in [7, 11) is 0. The topological polar surface area (TPSA) is 59.4 Å². The van der Waals surface area contributed by atoms with Crippen molar-refractivity contribution >= 4 is 16.9 Å². The van der Waals surface area contributed by atoms with E-state index in [1.165, 1.54) is 6.92 Å². The second kappa shape index (κ2) is 7.48. The standard InChI is InChI=1S/C13H13NO3.C2H6/c1-9(16)17-12-4-2-3-10-5-6-11(7-8-15)14-13(10)12;1-2/h2-6,15H,7-8H2,1H3;1-2H3. The van der Waals surface area contributed by atoms with E-state index in [0.717, 1.165) is 11.1 Å².